The Kier molecular flexibility index (Phi) is 6.01. The summed E-state index contributed by atoms with van der Waals surface area (Å²) in [6.07, 6.45) is 0.996. The smallest absolute Gasteiger partial charge is 0.191 e. The van der Waals surface area contributed by atoms with Gasteiger partial charge in [0.15, 0.2) is 5.96 Å². The van der Waals surface area contributed by atoms with E-state index in [1.165, 1.54) is 10.4 Å². The molecule has 1 aromatic carbocycles. The van der Waals surface area contributed by atoms with Gasteiger partial charge in [0.25, 0.3) is 0 Å². The van der Waals surface area contributed by atoms with Gasteiger partial charge in [-0.1, -0.05) is 50.2 Å². The van der Waals surface area contributed by atoms with E-state index < -0.39 is 0 Å². The van der Waals surface area contributed by atoms with Crippen molar-refractivity contribution in [3.63, 3.8) is 0 Å². The van der Waals surface area contributed by atoms with Crippen molar-refractivity contribution in [2.45, 2.75) is 25.7 Å². The summed E-state index contributed by atoms with van der Waals surface area (Å²) in [5.74, 6) is 0.862. The molecular weight excluding hydrogens is 290 g/mol. The Bertz CT molecular complexity index is 574. The quantitative estimate of drug-likeness (QED) is 0.633. The van der Waals surface area contributed by atoms with Gasteiger partial charge < -0.3 is 10.6 Å². The zero-order valence-electron chi connectivity index (χ0n) is 13.6. The molecule has 0 atom stereocenters. The van der Waals surface area contributed by atoms with Gasteiger partial charge in [-0.05, 0) is 23.4 Å². The summed E-state index contributed by atoms with van der Waals surface area (Å²) in [6, 6.07) is 14.8. The molecule has 0 aliphatic heterocycles. The van der Waals surface area contributed by atoms with E-state index >= 15 is 0 Å². The second kappa shape index (κ2) is 7.99. The van der Waals surface area contributed by atoms with Crippen molar-refractivity contribution in [3.8, 4) is 0 Å². The van der Waals surface area contributed by atoms with E-state index in [9.17, 15) is 0 Å². The Morgan fingerprint density at radius 1 is 1.09 bits per heavy atom. The van der Waals surface area contributed by atoms with Crippen molar-refractivity contribution >= 4 is 17.3 Å². The van der Waals surface area contributed by atoms with Gasteiger partial charge in [-0.2, -0.15) is 0 Å². The minimum atomic E-state index is 0.102. The Balaban J connectivity index is 1.78. The lowest BCUT2D eigenvalue weighted by atomic mass is 9.91. The first-order valence-corrected chi connectivity index (χ1v) is 8.52. The molecule has 0 saturated heterocycles. The summed E-state index contributed by atoms with van der Waals surface area (Å²) in [5, 5.41) is 8.94. The number of rotatable bonds is 6. The highest BCUT2D eigenvalue weighted by Crippen LogP contribution is 2.26. The summed E-state index contributed by atoms with van der Waals surface area (Å²) < 4.78 is 0. The topological polar surface area (TPSA) is 36.4 Å². The summed E-state index contributed by atoms with van der Waals surface area (Å²) in [5.41, 5.74) is 1.44. The lowest BCUT2D eigenvalue weighted by Crippen LogP contribution is -2.43. The standard InChI is InChI=1S/C18H25N3S/c1-18(2,16-10-7-13-22-16)14-21-17(19-3)20-12-11-15-8-5-4-6-9-15/h4-10,13H,11-12,14H2,1-3H3,(H2,19,20,21). The lowest BCUT2D eigenvalue weighted by Gasteiger charge is -2.25. The SMILES string of the molecule is CN=C(NCCc1ccccc1)NCC(C)(C)c1cccs1. The number of nitrogens with one attached hydrogen (secondary N) is 2. The van der Waals surface area contributed by atoms with Gasteiger partial charge in [0.05, 0.1) is 0 Å². The van der Waals surface area contributed by atoms with Crippen LogP contribution in [0.3, 0.4) is 0 Å². The van der Waals surface area contributed by atoms with Crippen LogP contribution in [0.2, 0.25) is 0 Å². The van der Waals surface area contributed by atoms with Gasteiger partial charge in [0, 0.05) is 30.4 Å². The molecule has 0 spiro atoms. The van der Waals surface area contributed by atoms with E-state index in [2.05, 4.69) is 71.3 Å². The van der Waals surface area contributed by atoms with E-state index in [1.54, 1.807) is 11.3 Å². The van der Waals surface area contributed by atoms with Crippen LogP contribution in [-0.2, 0) is 11.8 Å². The predicted molar refractivity (Wildman–Crippen MR) is 96.9 cm³/mol. The zero-order valence-corrected chi connectivity index (χ0v) is 14.4. The number of thiophene rings is 1. The zero-order chi connectivity index (χ0) is 15.8. The number of hydrogen-bond acceptors (Lipinski definition) is 2. The maximum Gasteiger partial charge on any atom is 0.191 e. The Morgan fingerprint density at radius 2 is 1.86 bits per heavy atom. The van der Waals surface area contributed by atoms with Gasteiger partial charge in [-0.3, -0.25) is 4.99 Å². The molecule has 2 aromatic rings. The number of guanidine groups is 1. The molecule has 0 aliphatic carbocycles. The van der Waals surface area contributed by atoms with Crippen molar-refractivity contribution in [3.05, 3.63) is 58.3 Å². The fourth-order valence-electron chi connectivity index (χ4n) is 2.25. The van der Waals surface area contributed by atoms with Crippen LogP contribution in [0.1, 0.15) is 24.3 Å². The molecule has 0 saturated carbocycles. The largest absolute Gasteiger partial charge is 0.356 e. The van der Waals surface area contributed by atoms with Crippen LogP contribution in [-0.4, -0.2) is 26.1 Å². The number of hydrogen-bond donors (Lipinski definition) is 2. The van der Waals surface area contributed by atoms with Crippen molar-refractivity contribution in [2.75, 3.05) is 20.1 Å². The first-order chi connectivity index (χ1) is 10.6. The van der Waals surface area contributed by atoms with Gasteiger partial charge in [0.2, 0.25) is 0 Å². The van der Waals surface area contributed by atoms with E-state index in [0.29, 0.717) is 0 Å². The molecular formula is C18H25N3S. The molecule has 0 unspecified atom stereocenters. The third-order valence-corrected chi connectivity index (χ3v) is 4.89. The van der Waals surface area contributed by atoms with E-state index in [4.69, 9.17) is 0 Å². The minimum absolute atomic E-state index is 0.102. The Morgan fingerprint density at radius 3 is 2.50 bits per heavy atom. The molecule has 2 N–H and O–H groups in total. The average Bonchev–Trinajstić information content (AvgIpc) is 3.07. The fraction of sp³-hybridized carbons (Fsp3) is 0.389. The monoisotopic (exact) mass is 315 g/mol. The molecule has 3 nitrogen and oxygen atoms in total. The first kappa shape index (κ1) is 16.6. The molecule has 4 heteroatoms. The van der Waals surface area contributed by atoms with Crippen LogP contribution in [0.15, 0.2) is 52.8 Å². The average molecular weight is 315 g/mol. The molecule has 22 heavy (non-hydrogen) atoms. The van der Waals surface area contributed by atoms with Crippen molar-refractivity contribution < 1.29 is 0 Å². The summed E-state index contributed by atoms with van der Waals surface area (Å²) in [4.78, 5) is 5.69. The Labute approximate surface area is 137 Å². The van der Waals surface area contributed by atoms with E-state index in [-0.39, 0.29) is 5.41 Å². The number of aliphatic imine (C=N–C) groups is 1. The van der Waals surface area contributed by atoms with Crippen LogP contribution < -0.4 is 10.6 Å². The number of benzene rings is 1. The van der Waals surface area contributed by atoms with Crippen LogP contribution in [0.5, 0.6) is 0 Å². The van der Waals surface area contributed by atoms with Crippen molar-refractivity contribution in [1.82, 2.24) is 10.6 Å². The second-order valence-electron chi connectivity index (χ2n) is 5.95. The fourth-order valence-corrected chi connectivity index (χ4v) is 3.10. The molecule has 0 fully saturated rings. The van der Waals surface area contributed by atoms with Gasteiger partial charge in [-0.15, -0.1) is 11.3 Å². The molecule has 2 rings (SSSR count). The van der Waals surface area contributed by atoms with E-state index in [0.717, 1.165) is 25.5 Å². The van der Waals surface area contributed by atoms with Crippen LogP contribution >= 0.6 is 11.3 Å². The predicted octanol–water partition coefficient (Wildman–Crippen LogP) is 3.43. The van der Waals surface area contributed by atoms with Crippen LogP contribution in [0.4, 0.5) is 0 Å². The molecule has 0 aliphatic rings. The van der Waals surface area contributed by atoms with E-state index in [1.807, 2.05) is 13.1 Å². The third kappa shape index (κ3) is 4.88. The maximum absolute atomic E-state index is 4.30. The first-order valence-electron chi connectivity index (χ1n) is 7.64. The summed E-state index contributed by atoms with van der Waals surface area (Å²) in [7, 11) is 1.82. The Hall–Kier alpha value is -1.81. The van der Waals surface area contributed by atoms with Crippen molar-refractivity contribution in [1.29, 1.82) is 0 Å². The van der Waals surface area contributed by atoms with Gasteiger partial charge in [0.1, 0.15) is 0 Å². The minimum Gasteiger partial charge on any atom is -0.356 e. The molecule has 1 heterocycles. The molecule has 0 bridgehead atoms. The van der Waals surface area contributed by atoms with Gasteiger partial charge in [-0.25, -0.2) is 0 Å². The normalized spacial score (nSPS) is 12.2. The molecule has 118 valence electrons. The highest BCUT2D eigenvalue weighted by atomic mass is 32.1. The third-order valence-electron chi connectivity index (χ3n) is 3.66. The van der Waals surface area contributed by atoms with Crippen molar-refractivity contribution in [2.24, 2.45) is 4.99 Å². The number of nitrogens with zero attached hydrogens (tertiary/aromatic N) is 1. The summed E-state index contributed by atoms with van der Waals surface area (Å²) >= 11 is 1.80. The molecule has 0 amide bonds. The molecule has 0 radical (unpaired) electrons. The van der Waals surface area contributed by atoms with Gasteiger partial charge >= 0.3 is 0 Å². The second-order valence-corrected chi connectivity index (χ2v) is 6.90. The molecule has 1 aromatic heterocycles. The van der Waals surface area contributed by atoms with Crippen LogP contribution in [0.25, 0.3) is 0 Å². The maximum atomic E-state index is 4.30. The lowest BCUT2D eigenvalue weighted by molar-refractivity contribution is 0.518. The highest BCUT2D eigenvalue weighted by Gasteiger charge is 2.21. The highest BCUT2D eigenvalue weighted by molar-refractivity contribution is 7.10. The van der Waals surface area contributed by atoms with Crippen LogP contribution in [0, 0.1) is 0 Å². The summed E-state index contributed by atoms with van der Waals surface area (Å²) in [6.45, 7) is 6.24.